The third-order valence-corrected chi connectivity index (χ3v) is 5.01. The summed E-state index contributed by atoms with van der Waals surface area (Å²) in [7, 11) is 0. The number of piperidine rings is 1. The fourth-order valence-electron chi connectivity index (χ4n) is 4.55. The van der Waals surface area contributed by atoms with Gasteiger partial charge in [-0.25, -0.2) is 0 Å². The Morgan fingerprint density at radius 3 is 2.67 bits per heavy atom. The summed E-state index contributed by atoms with van der Waals surface area (Å²) in [5, 5.41) is 0. The summed E-state index contributed by atoms with van der Waals surface area (Å²) in [6, 6.07) is 1.59. The van der Waals surface area contributed by atoms with Crippen molar-refractivity contribution in [2.24, 2.45) is 17.1 Å². The molecule has 0 aromatic heterocycles. The van der Waals surface area contributed by atoms with Gasteiger partial charge in [0.2, 0.25) is 0 Å². The van der Waals surface area contributed by atoms with E-state index in [-0.39, 0.29) is 0 Å². The summed E-state index contributed by atoms with van der Waals surface area (Å²) in [5.74, 6) is 0.888. The van der Waals surface area contributed by atoms with Crippen LogP contribution in [0.4, 0.5) is 0 Å². The van der Waals surface area contributed by atoms with Crippen molar-refractivity contribution >= 4 is 0 Å². The van der Waals surface area contributed by atoms with Gasteiger partial charge in [-0.3, -0.25) is 4.90 Å². The van der Waals surface area contributed by atoms with E-state index in [4.69, 9.17) is 5.73 Å². The third kappa shape index (κ3) is 3.48. The Hall–Kier alpha value is -0.0800. The zero-order chi connectivity index (χ0) is 13.2. The number of hydrogen-bond acceptors (Lipinski definition) is 2. The first-order valence-electron chi connectivity index (χ1n) is 7.97. The van der Waals surface area contributed by atoms with Gasteiger partial charge in [-0.2, -0.15) is 0 Å². The van der Waals surface area contributed by atoms with Crippen LogP contribution in [-0.2, 0) is 0 Å². The van der Waals surface area contributed by atoms with E-state index in [1.165, 1.54) is 51.5 Å². The van der Waals surface area contributed by atoms with E-state index < -0.39 is 0 Å². The zero-order valence-electron chi connectivity index (χ0n) is 12.6. The summed E-state index contributed by atoms with van der Waals surface area (Å²) < 4.78 is 0. The van der Waals surface area contributed by atoms with Crippen LogP contribution in [-0.4, -0.2) is 30.1 Å². The number of hydrogen-bond donors (Lipinski definition) is 1. The standard InChI is InChI=1S/C16H32N2/c1-13-10-15(12-16(2,3)11-13)18-9-5-4-6-14(18)7-8-17/h13-15H,4-12,17H2,1-3H3. The molecule has 18 heavy (non-hydrogen) atoms. The van der Waals surface area contributed by atoms with E-state index in [0.29, 0.717) is 5.41 Å². The molecule has 2 rings (SSSR count). The molecule has 106 valence electrons. The Balaban J connectivity index is 2.03. The first kappa shape index (κ1) is 14.3. The Morgan fingerprint density at radius 2 is 2.00 bits per heavy atom. The Labute approximate surface area is 113 Å². The minimum Gasteiger partial charge on any atom is -0.330 e. The lowest BCUT2D eigenvalue weighted by molar-refractivity contribution is 0.0192. The summed E-state index contributed by atoms with van der Waals surface area (Å²) >= 11 is 0. The summed E-state index contributed by atoms with van der Waals surface area (Å²) in [6.07, 6.45) is 9.58. The molecule has 1 saturated heterocycles. The average molecular weight is 252 g/mol. The molecule has 2 nitrogen and oxygen atoms in total. The quantitative estimate of drug-likeness (QED) is 0.834. The van der Waals surface area contributed by atoms with Crippen molar-refractivity contribution in [3.05, 3.63) is 0 Å². The smallest absolute Gasteiger partial charge is 0.0110 e. The van der Waals surface area contributed by atoms with Gasteiger partial charge in [-0.05, 0) is 62.9 Å². The molecule has 1 aliphatic heterocycles. The highest BCUT2D eigenvalue weighted by Gasteiger charge is 2.37. The first-order valence-corrected chi connectivity index (χ1v) is 7.97. The largest absolute Gasteiger partial charge is 0.330 e. The minimum atomic E-state index is 0.535. The minimum absolute atomic E-state index is 0.535. The van der Waals surface area contributed by atoms with Crippen LogP contribution in [0.3, 0.4) is 0 Å². The number of nitrogens with two attached hydrogens (primary N) is 1. The molecule has 1 heterocycles. The van der Waals surface area contributed by atoms with Gasteiger partial charge >= 0.3 is 0 Å². The maximum absolute atomic E-state index is 5.81. The van der Waals surface area contributed by atoms with Crippen molar-refractivity contribution in [2.75, 3.05) is 13.1 Å². The van der Waals surface area contributed by atoms with E-state index in [1.54, 1.807) is 0 Å². The van der Waals surface area contributed by atoms with Gasteiger partial charge in [0.15, 0.2) is 0 Å². The highest BCUT2D eigenvalue weighted by molar-refractivity contribution is 4.91. The molecule has 1 saturated carbocycles. The maximum atomic E-state index is 5.81. The molecule has 0 bridgehead atoms. The van der Waals surface area contributed by atoms with Crippen molar-refractivity contribution in [3.8, 4) is 0 Å². The van der Waals surface area contributed by atoms with Gasteiger partial charge < -0.3 is 5.73 Å². The van der Waals surface area contributed by atoms with Crippen molar-refractivity contribution in [2.45, 2.75) is 77.8 Å². The Kier molecular flexibility index (Phi) is 4.71. The van der Waals surface area contributed by atoms with Crippen LogP contribution in [0.25, 0.3) is 0 Å². The van der Waals surface area contributed by atoms with E-state index in [0.717, 1.165) is 24.5 Å². The molecule has 0 aromatic rings. The molecule has 1 aliphatic carbocycles. The van der Waals surface area contributed by atoms with Gasteiger partial charge in [0, 0.05) is 12.1 Å². The predicted molar refractivity (Wildman–Crippen MR) is 78.6 cm³/mol. The van der Waals surface area contributed by atoms with Crippen LogP contribution >= 0.6 is 0 Å². The van der Waals surface area contributed by atoms with E-state index >= 15 is 0 Å². The second-order valence-electron chi connectivity index (χ2n) is 7.53. The van der Waals surface area contributed by atoms with Crippen LogP contribution in [0.1, 0.15) is 65.7 Å². The lowest BCUT2D eigenvalue weighted by Crippen LogP contribution is -2.50. The predicted octanol–water partition coefficient (Wildman–Crippen LogP) is 3.40. The van der Waals surface area contributed by atoms with Gasteiger partial charge in [0.25, 0.3) is 0 Å². The van der Waals surface area contributed by atoms with Gasteiger partial charge in [0.1, 0.15) is 0 Å². The van der Waals surface area contributed by atoms with Crippen LogP contribution in [0.2, 0.25) is 0 Å². The fraction of sp³-hybridized carbons (Fsp3) is 1.00. The topological polar surface area (TPSA) is 29.3 Å². The van der Waals surface area contributed by atoms with E-state index in [2.05, 4.69) is 25.7 Å². The molecular formula is C16H32N2. The Morgan fingerprint density at radius 1 is 1.22 bits per heavy atom. The van der Waals surface area contributed by atoms with Crippen LogP contribution < -0.4 is 5.73 Å². The Bertz CT molecular complexity index is 260. The van der Waals surface area contributed by atoms with Crippen LogP contribution in [0.5, 0.6) is 0 Å². The van der Waals surface area contributed by atoms with Crippen LogP contribution in [0.15, 0.2) is 0 Å². The molecule has 3 unspecified atom stereocenters. The lowest BCUT2D eigenvalue weighted by atomic mass is 9.69. The first-order chi connectivity index (χ1) is 8.52. The van der Waals surface area contributed by atoms with Crippen molar-refractivity contribution in [1.82, 2.24) is 4.90 Å². The normalized spacial score (nSPS) is 37.7. The monoisotopic (exact) mass is 252 g/mol. The molecular weight excluding hydrogens is 220 g/mol. The third-order valence-electron chi connectivity index (χ3n) is 5.01. The SMILES string of the molecule is CC1CC(N2CCCCC2CCN)CC(C)(C)C1. The molecule has 0 amide bonds. The number of nitrogens with zero attached hydrogens (tertiary/aromatic N) is 1. The molecule has 2 fully saturated rings. The highest BCUT2D eigenvalue weighted by Crippen LogP contribution is 2.42. The van der Waals surface area contributed by atoms with Gasteiger partial charge in [-0.15, -0.1) is 0 Å². The second kappa shape index (κ2) is 5.92. The molecule has 0 radical (unpaired) electrons. The lowest BCUT2D eigenvalue weighted by Gasteiger charge is -2.48. The van der Waals surface area contributed by atoms with Crippen molar-refractivity contribution < 1.29 is 0 Å². The summed E-state index contributed by atoms with van der Waals surface area (Å²) in [4.78, 5) is 2.83. The van der Waals surface area contributed by atoms with Crippen molar-refractivity contribution in [3.63, 3.8) is 0 Å². The summed E-state index contributed by atoms with van der Waals surface area (Å²) in [5.41, 5.74) is 6.34. The number of likely N-dealkylation sites (tertiary alicyclic amines) is 1. The van der Waals surface area contributed by atoms with E-state index in [1.807, 2.05) is 0 Å². The molecule has 2 aliphatic rings. The molecule has 2 N–H and O–H groups in total. The van der Waals surface area contributed by atoms with Crippen LogP contribution in [0, 0.1) is 11.3 Å². The molecule has 0 spiro atoms. The van der Waals surface area contributed by atoms with Gasteiger partial charge in [0.05, 0.1) is 0 Å². The number of rotatable bonds is 3. The average Bonchev–Trinajstić information content (AvgIpc) is 2.27. The highest BCUT2D eigenvalue weighted by atomic mass is 15.2. The fourth-order valence-corrected chi connectivity index (χ4v) is 4.55. The molecule has 2 heteroatoms. The van der Waals surface area contributed by atoms with Gasteiger partial charge in [-0.1, -0.05) is 27.2 Å². The summed E-state index contributed by atoms with van der Waals surface area (Å²) in [6.45, 7) is 9.52. The van der Waals surface area contributed by atoms with E-state index in [9.17, 15) is 0 Å². The maximum Gasteiger partial charge on any atom is 0.0110 e. The van der Waals surface area contributed by atoms with Crippen molar-refractivity contribution in [1.29, 1.82) is 0 Å². The molecule has 0 aromatic carbocycles. The molecule has 3 atom stereocenters. The zero-order valence-corrected chi connectivity index (χ0v) is 12.6. The second-order valence-corrected chi connectivity index (χ2v) is 7.53.